The first-order valence-corrected chi connectivity index (χ1v) is 8.56. The van der Waals surface area contributed by atoms with Crippen molar-refractivity contribution < 1.29 is 18.0 Å². The highest BCUT2D eigenvalue weighted by atomic mass is 19.4. The predicted molar refractivity (Wildman–Crippen MR) is 86.0 cm³/mol. The fourth-order valence-corrected chi connectivity index (χ4v) is 3.69. The molecule has 2 saturated heterocycles. The largest absolute Gasteiger partial charge is 0.403 e. The molecule has 1 amide bonds. The second-order valence-corrected chi connectivity index (χ2v) is 6.90. The molecule has 3 heterocycles. The van der Waals surface area contributed by atoms with Gasteiger partial charge in [-0.2, -0.15) is 18.3 Å². The molecular formula is C16H24F3N5O. The quantitative estimate of drug-likeness (QED) is 0.868. The van der Waals surface area contributed by atoms with Crippen molar-refractivity contribution in [3.05, 3.63) is 18.0 Å². The molecule has 0 bridgehead atoms. The molecule has 1 N–H and O–H groups in total. The fourth-order valence-electron chi connectivity index (χ4n) is 3.69. The Morgan fingerprint density at radius 1 is 1.28 bits per heavy atom. The van der Waals surface area contributed by atoms with Crippen molar-refractivity contribution in [2.24, 2.45) is 13.0 Å². The molecule has 2 aliphatic heterocycles. The lowest BCUT2D eigenvalue weighted by molar-refractivity contribution is -0.183. The Hall–Kier alpha value is -1.61. The summed E-state index contributed by atoms with van der Waals surface area (Å²) in [5, 5.41) is 7.42. The SMILES string of the molecule is CC(N1CCN(C(=O)[C@H]2CNC[C@@H]2c2cnn(C)c2)CC1)C(F)(F)F. The van der Waals surface area contributed by atoms with E-state index in [1.54, 1.807) is 15.8 Å². The zero-order chi connectivity index (χ0) is 18.2. The topological polar surface area (TPSA) is 53.4 Å². The van der Waals surface area contributed by atoms with Crippen LogP contribution in [0.25, 0.3) is 0 Å². The molecule has 6 nitrogen and oxygen atoms in total. The lowest BCUT2D eigenvalue weighted by atomic mass is 9.89. The number of carbonyl (C=O) groups excluding carboxylic acids is 1. The van der Waals surface area contributed by atoms with Gasteiger partial charge in [0.15, 0.2) is 0 Å². The van der Waals surface area contributed by atoms with Gasteiger partial charge >= 0.3 is 6.18 Å². The van der Waals surface area contributed by atoms with E-state index in [9.17, 15) is 18.0 Å². The Labute approximate surface area is 144 Å². The summed E-state index contributed by atoms with van der Waals surface area (Å²) >= 11 is 0. The van der Waals surface area contributed by atoms with E-state index in [0.29, 0.717) is 26.2 Å². The number of hydrogen-bond donors (Lipinski definition) is 1. The lowest BCUT2D eigenvalue weighted by Crippen LogP contribution is -2.56. The number of piperazine rings is 1. The number of nitrogens with zero attached hydrogens (tertiary/aromatic N) is 4. The minimum Gasteiger partial charge on any atom is -0.340 e. The van der Waals surface area contributed by atoms with Crippen LogP contribution >= 0.6 is 0 Å². The molecule has 0 aromatic carbocycles. The van der Waals surface area contributed by atoms with E-state index in [0.717, 1.165) is 5.56 Å². The number of aryl methyl sites for hydroxylation is 1. The summed E-state index contributed by atoms with van der Waals surface area (Å²) in [7, 11) is 1.84. The van der Waals surface area contributed by atoms with E-state index >= 15 is 0 Å². The van der Waals surface area contributed by atoms with Gasteiger partial charge in [0.2, 0.25) is 5.91 Å². The monoisotopic (exact) mass is 359 g/mol. The molecule has 1 aromatic heterocycles. The van der Waals surface area contributed by atoms with Crippen LogP contribution in [0.5, 0.6) is 0 Å². The minimum absolute atomic E-state index is 0.0261. The van der Waals surface area contributed by atoms with Gasteiger partial charge in [-0.15, -0.1) is 0 Å². The van der Waals surface area contributed by atoms with Gasteiger partial charge in [0, 0.05) is 58.4 Å². The summed E-state index contributed by atoms with van der Waals surface area (Å²) in [6.45, 7) is 3.68. The molecule has 0 aliphatic carbocycles. The van der Waals surface area contributed by atoms with Crippen LogP contribution in [0.15, 0.2) is 12.4 Å². The van der Waals surface area contributed by atoms with Gasteiger partial charge in [0.05, 0.1) is 12.1 Å². The molecule has 0 saturated carbocycles. The molecule has 0 radical (unpaired) electrons. The third-order valence-electron chi connectivity index (χ3n) is 5.33. The highest BCUT2D eigenvalue weighted by Crippen LogP contribution is 2.30. The molecule has 3 rings (SSSR count). The van der Waals surface area contributed by atoms with Crippen molar-refractivity contribution in [2.75, 3.05) is 39.3 Å². The van der Waals surface area contributed by atoms with Crippen molar-refractivity contribution in [3.8, 4) is 0 Å². The second-order valence-electron chi connectivity index (χ2n) is 6.90. The van der Waals surface area contributed by atoms with E-state index in [1.807, 2.05) is 13.2 Å². The Kier molecular flexibility index (Phi) is 5.06. The van der Waals surface area contributed by atoms with Crippen molar-refractivity contribution in [3.63, 3.8) is 0 Å². The van der Waals surface area contributed by atoms with E-state index in [1.165, 1.54) is 11.8 Å². The summed E-state index contributed by atoms with van der Waals surface area (Å²) in [6.07, 6.45) is -0.533. The van der Waals surface area contributed by atoms with E-state index in [4.69, 9.17) is 0 Å². The third-order valence-corrected chi connectivity index (χ3v) is 5.33. The van der Waals surface area contributed by atoms with Crippen LogP contribution in [0.4, 0.5) is 13.2 Å². The normalized spacial score (nSPS) is 26.8. The van der Waals surface area contributed by atoms with Crippen LogP contribution < -0.4 is 5.32 Å². The maximum absolute atomic E-state index is 12.9. The number of halogens is 3. The van der Waals surface area contributed by atoms with Crippen molar-refractivity contribution in [1.82, 2.24) is 24.9 Å². The first-order chi connectivity index (χ1) is 11.8. The van der Waals surface area contributed by atoms with Gasteiger partial charge in [0.25, 0.3) is 0 Å². The molecule has 2 fully saturated rings. The van der Waals surface area contributed by atoms with Crippen molar-refractivity contribution in [1.29, 1.82) is 0 Å². The number of carbonyl (C=O) groups is 1. The van der Waals surface area contributed by atoms with Crippen LogP contribution in [-0.4, -0.2) is 77.0 Å². The first kappa shape index (κ1) is 18.2. The van der Waals surface area contributed by atoms with Gasteiger partial charge in [-0.3, -0.25) is 14.4 Å². The Balaban J connectivity index is 1.60. The average Bonchev–Trinajstić information content (AvgIpc) is 3.21. The highest BCUT2D eigenvalue weighted by Gasteiger charge is 2.42. The molecule has 1 aromatic rings. The van der Waals surface area contributed by atoms with Crippen LogP contribution in [0.3, 0.4) is 0 Å². The standard InChI is InChI=1S/C16H24F3N5O/c1-11(16(17,18)19)23-3-5-24(6-4-23)15(25)14-9-20-8-13(14)12-7-21-22(2)10-12/h7,10-11,13-14,20H,3-6,8-9H2,1-2H3/t11?,13-,14+/m1/s1. The summed E-state index contributed by atoms with van der Waals surface area (Å²) in [4.78, 5) is 16.0. The molecule has 140 valence electrons. The zero-order valence-corrected chi connectivity index (χ0v) is 14.5. The smallest absolute Gasteiger partial charge is 0.340 e. The molecule has 1 unspecified atom stereocenters. The van der Waals surface area contributed by atoms with Crippen LogP contribution in [0, 0.1) is 5.92 Å². The first-order valence-electron chi connectivity index (χ1n) is 8.56. The molecule has 0 spiro atoms. The number of hydrogen-bond acceptors (Lipinski definition) is 4. The molecule has 2 aliphatic rings. The minimum atomic E-state index is -4.23. The van der Waals surface area contributed by atoms with Gasteiger partial charge in [-0.25, -0.2) is 0 Å². The summed E-state index contributed by atoms with van der Waals surface area (Å²) in [5.41, 5.74) is 1.02. The predicted octanol–water partition coefficient (Wildman–Crippen LogP) is 0.818. The van der Waals surface area contributed by atoms with Crippen LogP contribution in [0.2, 0.25) is 0 Å². The Bertz CT molecular complexity index is 609. The summed E-state index contributed by atoms with van der Waals surface area (Å²) < 4.78 is 40.2. The second kappa shape index (κ2) is 6.95. The van der Waals surface area contributed by atoms with Crippen molar-refractivity contribution in [2.45, 2.75) is 25.1 Å². The van der Waals surface area contributed by atoms with Gasteiger partial charge in [0.1, 0.15) is 6.04 Å². The third kappa shape index (κ3) is 3.82. The van der Waals surface area contributed by atoms with Crippen molar-refractivity contribution >= 4 is 5.91 Å². The molecule has 9 heteroatoms. The fraction of sp³-hybridized carbons (Fsp3) is 0.750. The average molecular weight is 359 g/mol. The number of nitrogens with one attached hydrogen (secondary N) is 1. The van der Waals surface area contributed by atoms with Gasteiger partial charge in [-0.1, -0.05) is 0 Å². The molecule has 25 heavy (non-hydrogen) atoms. The number of alkyl halides is 3. The Morgan fingerprint density at radius 2 is 1.96 bits per heavy atom. The number of aromatic nitrogens is 2. The van der Waals surface area contributed by atoms with E-state index in [-0.39, 0.29) is 30.8 Å². The van der Waals surface area contributed by atoms with E-state index in [2.05, 4.69) is 10.4 Å². The zero-order valence-electron chi connectivity index (χ0n) is 14.5. The molecule has 3 atom stereocenters. The lowest BCUT2D eigenvalue weighted by Gasteiger charge is -2.39. The maximum Gasteiger partial charge on any atom is 0.403 e. The summed E-state index contributed by atoms with van der Waals surface area (Å²) in [6, 6.07) is -1.47. The maximum atomic E-state index is 12.9. The van der Waals surface area contributed by atoms with Gasteiger partial charge in [-0.05, 0) is 12.5 Å². The molecular weight excluding hydrogens is 335 g/mol. The highest BCUT2D eigenvalue weighted by molar-refractivity contribution is 5.80. The number of amides is 1. The van der Waals surface area contributed by atoms with Crippen LogP contribution in [0.1, 0.15) is 18.4 Å². The summed E-state index contributed by atoms with van der Waals surface area (Å²) in [5.74, 6) is -0.0951. The van der Waals surface area contributed by atoms with Crippen LogP contribution in [-0.2, 0) is 11.8 Å². The number of rotatable bonds is 3. The van der Waals surface area contributed by atoms with E-state index < -0.39 is 12.2 Å². The van der Waals surface area contributed by atoms with Gasteiger partial charge < -0.3 is 10.2 Å². The Morgan fingerprint density at radius 3 is 2.52 bits per heavy atom.